The molecule has 1 aromatic carbocycles. The molecular weight excluding hydrogens is 182 g/mol. The van der Waals surface area contributed by atoms with Gasteiger partial charge in [0.15, 0.2) is 0 Å². The first-order valence-corrected chi connectivity index (χ1v) is 5.08. The van der Waals surface area contributed by atoms with Crippen LogP contribution in [0.5, 0.6) is 0 Å². The molecule has 1 aromatic rings. The van der Waals surface area contributed by atoms with E-state index in [4.69, 9.17) is 0 Å². The summed E-state index contributed by atoms with van der Waals surface area (Å²) >= 11 is 0. The van der Waals surface area contributed by atoms with Crippen LogP contribution in [0.2, 0.25) is 0 Å². The molecule has 0 radical (unpaired) electrons. The molecule has 0 heterocycles. The fraction of sp³-hybridized carbons (Fsp3) is 0.214. The topological polar surface area (TPSA) is 12.4 Å². The van der Waals surface area contributed by atoms with Crippen LogP contribution >= 0.6 is 0 Å². The van der Waals surface area contributed by atoms with Crippen LogP contribution in [0.4, 0.5) is 0 Å². The monoisotopic (exact) mass is 199 g/mol. The molecule has 15 heavy (non-hydrogen) atoms. The summed E-state index contributed by atoms with van der Waals surface area (Å²) in [4.78, 5) is 4.47. The van der Waals surface area contributed by atoms with E-state index in [1.165, 1.54) is 5.56 Å². The number of aryl methyl sites for hydroxylation is 1. The zero-order chi connectivity index (χ0) is 11.3. The average Bonchev–Trinajstić information content (AvgIpc) is 2.27. The van der Waals surface area contributed by atoms with Gasteiger partial charge in [-0.15, -0.1) is 0 Å². The summed E-state index contributed by atoms with van der Waals surface area (Å²) in [6.45, 7) is 9.72. The van der Waals surface area contributed by atoms with Crippen molar-refractivity contribution in [1.29, 1.82) is 0 Å². The van der Waals surface area contributed by atoms with Gasteiger partial charge in [0.1, 0.15) is 0 Å². The molecule has 1 heteroatoms. The van der Waals surface area contributed by atoms with Gasteiger partial charge >= 0.3 is 0 Å². The van der Waals surface area contributed by atoms with Gasteiger partial charge in [0, 0.05) is 5.71 Å². The Kier molecular flexibility index (Phi) is 4.04. The van der Waals surface area contributed by atoms with E-state index in [0.29, 0.717) is 0 Å². The predicted octanol–water partition coefficient (Wildman–Crippen LogP) is 4.00. The largest absolute Gasteiger partial charge is 0.254 e. The molecule has 0 saturated heterocycles. The van der Waals surface area contributed by atoms with Crippen LogP contribution in [0.25, 0.3) is 5.70 Å². The Labute approximate surface area is 91.9 Å². The molecule has 1 rings (SSSR count). The van der Waals surface area contributed by atoms with Gasteiger partial charge in [0.25, 0.3) is 0 Å². The van der Waals surface area contributed by atoms with Crippen LogP contribution in [0.3, 0.4) is 0 Å². The van der Waals surface area contributed by atoms with Gasteiger partial charge in [0.05, 0.1) is 5.70 Å². The fourth-order valence-electron chi connectivity index (χ4n) is 1.26. The van der Waals surface area contributed by atoms with E-state index in [0.717, 1.165) is 17.0 Å². The number of aliphatic imine (C=N–C) groups is 1. The Hall–Kier alpha value is -1.63. The molecule has 1 nitrogen and oxygen atoms in total. The smallest absolute Gasteiger partial charge is 0.0662 e. The Bertz CT molecular complexity index is 394. The van der Waals surface area contributed by atoms with Crippen molar-refractivity contribution in [3.8, 4) is 0 Å². The third kappa shape index (κ3) is 3.21. The second-order valence-corrected chi connectivity index (χ2v) is 3.50. The highest BCUT2D eigenvalue weighted by Crippen LogP contribution is 2.16. The Morgan fingerprint density at radius 1 is 1.27 bits per heavy atom. The molecule has 0 saturated carbocycles. The first-order valence-electron chi connectivity index (χ1n) is 5.08. The van der Waals surface area contributed by atoms with Crippen molar-refractivity contribution in [2.24, 2.45) is 4.99 Å². The summed E-state index contributed by atoms with van der Waals surface area (Å²) in [6.07, 6.45) is 3.77. The molecule has 0 aliphatic carbocycles. The number of nitrogens with zero attached hydrogens (tertiary/aromatic N) is 1. The van der Waals surface area contributed by atoms with E-state index >= 15 is 0 Å². The van der Waals surface area contributed by atoms with E-state index in [1.807, 2.05) is 19.9 Å². The number of rotatable bonds is 3. The van der Waals surface area contributed by atoms with E-state index in [-0.39, 0.29) is 0 Å². The highest BCUT2D eigenvalue weighted by molar-refractivity contribution is 5.96. The lowest BCUT2D eigenvalue weighted by molar-refractivity contribution is 1.42. The summed E-state index contributed by atoms with van der Waals surface area (Å²) in [5.74, 6) is 0. The van der Waals surface area contributed by atoms with Crippen LogP contribution in [-0.4, -0.2) is 5.71 Å². The number of benzene rings is 1. The summed E-state index contributed by atoms with van der Waals surface area (Å²) in [5, 5.41) is 0. The maximum absolute atomic E-state index is 4.47. The van der Waals surface area contributed by atoms with Crippen LogP contribution in [0, 0.1) is 6.92 Å². The van der Waals surface area contributed by atoms with Crippen LogP contribution in [-0.2, 0) is 0 Å². The molecular formula is C14H17N. The summed E-state index contributed by atoms with van der Waals surface area (Å²) in [5.41, 5.74) is 4.33. The van der Waals surface area contributed by atoms with E-state index in [1.54, 1.807) is 6.08 Å². The van der Waals surface area contributed by atoms with Crippen molar-refractivity contribution in [2.45, 2.75) is 20.8 Å². The quantitative estimate of drug-likeness (QED) is 0.652. The molecule has 0 aromatic heterocycles. The second kappa shape index (κ2) is 5.30. The SMILES string of the molecule is C=CC(C)=N/C(=C\C)c1ccc(C)cc1. The zero-order valence-electron chi connectivity index (χ0n) is 9.62. The van der Waals surface area contributed by atoms with Crippen molar-refractivity contribution in [2.75, 3.05) is 0 Å². The first kappa shape index (κ1) is 11.4. The lowest BCUT2D eigenvalue weighted by Crippen LogP contribution is -1.87. The first-order chi connectivity index (χ1) is 7.17. The maximum atomic E-state index is 4.47. The minimum atomic E-state index is 0.934. The summed E-state index contributed by atoms with van der Waals surface area (Å²) < 4.78 is 0. The standard InChI is InChI=1S/C14H17N/c1-5-12(4)15-14(6-2)13-9-7-11(3)8-10-13/h5-10H,1H2,2-4H3/b14-6-,15-12?. The van der Waals surface area contributed by atoms with Gasteiger partial charge < -0.3 is 0 Å². The van der Waals surface area contributed by atoms with Gasteiger partial charge in [-0.3, -0.25) is 4.99 Å². The van der Waals surface area contributed by atoms with Gasteiger partial charge in [-0.1, -0.05) is 42.5 Å². The van der Waals surface area contributed by atoms with E-state index < -0.39 is 0 Å². The van der Waals surface area contributed by atoms with Crippen LogP contribution in [0.15, 0.2) is 48.0 Å². The molecule has 78 valence electrons. The number of hydrogen-bond acceptors (Lipinski definition) is 1. The maximum Gasteiger partial charge on any atom is 0.0662 e. The van der Waals surface area contributed by atoms with Gasteiger partial charge in [-0.05, 0) is 32.4 Å². The summed E-state index contributed by atoms with van der Waals surface area (Å²) in [6, 6.07) is 8.37. The van der Waals surface area contributed by atoms with Gasteiger partial charge in [0.2, 0.25) is 0 Å². The normalized spacial score (nSPS) is 12.7. The van der Waals surface area contributed by atoms with Crippen molar-refractivity contribution in [3.63, 3.8) is 0 Å². The highest BCUT2D eigenvalue weighted by Gasteiger charge is 1.97. The van der Waals surface area contributed by atoms with Crippen molar-refractivity contribution in [3.05, 3.63) is 54.1 Å². The molecule has 0 spiro atoms. The molecule has 0 bridgehead atoms. The third-order valence-corrected chi connectivity index (χ3v) is 2.21. The number of allylic oxidation sites excluding steroid dienone is 2. The van der Waals surface area contributed by atoms with Crippen LogP contribution in [0.1, 0.15) is 25.0 Å². The Morgan fingerprint density at radius 2 is 1.87 bits per heavy atom. The lowest BCUT2D eigenvalue weighted by Gasteiger charge is -2.03. The fourth-order valence-corrected chi connectivity index (χ4v) is 1.26. The molecule has 0 aliphatic heterocycles. The Balaban J connectivity index is 3.04. The van der Waals surface area contributed by atoms with E-state index in [2.05, 4.69) is 42.8 Å². The van der Waals surface area contributed by atoms with Gasteiger partial charge in [-0.2, -0.15) is 0 Å². The minimum Gasteiger partial charge on any atom is -0.254 e. The molecule has 0 atom stereocenters. The lowest BCUT2D eigenvalue weighted by atomic mass is 10.1. The van der Waals surface area contributed by atoms with E-state index in [9.17, 15) is 0 Å². The average molecular weight is 199 g/mol. The molecule has 0 aliphatic rings. The van der Waals surface area contributed by atoms with Crippen LogP contribution < -0.4 is 0 Å². The Morgan fingerprint density at radius 3 is 2.33 bits per heavy atom. The third-order valence-electron chi connectivity index (χ3n) is 2.21. The zero-order valence-corrected chi connectivity index (χ0v) is 9.62. The van der Waals surface area contributed by atoms with Crippen molar-refractivity contribution in [1.82, 2.24) is 0 Å². The predicted molar refractivity (Wildman–Crippen MR) is 68.1 cm³/mol. The van der Waals surface area contributed by atoms with Crippen molar-refractivity contribution < 1.29 is 0 Å². The molecule has 0 fully saturated rings. The highest BCUT2D eigenvalue weighted by atomic mass is 14.7. The minimum absolute atomic E-state index is 0.934. The van der Waals surface area contributed by atoms with Gasteiger partial charge in [-0.25, -0.2) is 0 Å². The molecule has 0 N–H and O–H groups in total. The molecule has 0 amide bonds. The second-order valence-electron chi connectivity index (χ2n) is 3.50. The number of hydrogen-bond donors (Lipinski definition) is 0. The molecule has 0 unspecified atom stereocenters. The van der Waals surface area contributed by atoms with Crippen molar-refractivity contribution >= 4 is 11.4 Å². The summed E-state index contributed by atoms with van der Waals surface area (Å²) in [7, 11) is 0.